The third kappa shape index (κ3) is 6.11. The summed E-state index contributed by atoms with van der Waals surface area (Å²) >= 11 is 1.48. The highest BCUT2D eigenvalue weighted by Crippen LogP contribution is 2.50. The van der Waals surface area contributed by atoms with Gasteiger partial charge in [0, 0.05) is 0 Å². The molecule has 1 aromatic heterocycles. The molecule has 0 aliphatic carbocycles. The number of allylic oxidation sites excluding steroid dienone is 1. The Bertz CT molecular complexity index is 1130. The molecule has 35 heavy (non-hydrogen) atoms. The molecule has 1 aromatic carbocycles. The molecule has 0 unspecified atom stereocenters. The van der Waals surface area contributed by atoms with E-state index in [1.165, 1.54) is 53.7 Å². The van der Waals surface area contributed by atoms with Crippen molar-refractivity contribution in [3.05, 3.63) is 35.7 Å². The summed E-state index contributed by atoms with van der Waals surface area (Å²) in [7, 11) is 2.56. The summed E-state index contributed by atoms with van der Waals surface area (Å²) in [5.74, 6) is -3.40. The zero-order valence-corrected chi connectivity index (χ0v) is 22.7. The van der Waals surface area contributed by atoms with Crippen molar-refractivity contribution < 1.29 is 34.1 Å². The largest absolute Gasteiger partial charge is 0.510 e. The Morgan fingerprint density at radius 1 is 1.17 bits per heavy atom. The highest BCUT2D eigenvalue weighted by molar-refractivity contribution is 8.77. The molecule has 1 amide bonds. The number of hydrogen-bond donors (Lipinski definition) is 2. The summed E-state index contributed by atoms with van der Waals surface area (Å²) in [6.07, 6.45) is 0. The predicted molar refractivity (Wildman–Crippen MR) is 135 cm³/mol. The van der Waals surface area contributed by atoms with Gasteiger partial charge in [-0.1, -0.05) is 22.9 Å². The number of aliphatic hydroxyl groups excluding tert-OH is 1. The number of aliphatic hydroxyl groups is 2. The van der Waals surface area contributed by atoms with Gasteiger partial charge < -0.3 is 19.7 Å². The number of carbonyl (C=O) groups excluding carboxylic acids is 3. The van der Waals surface area contributed by atoms with Crippen molar-refractivity contribution in [3.8, 4) is 0 Å². The molecule has 1 aliphatic rings. The van der Waals surface area contributed by atoms with Crippen molar-refractivity contribution in [1.29, 1.82) is 0 Å². The van der Waals surface area contributed by atoms with Crippen LogP contribution in [0.25, 0.3) is 10.2 Å². The maximum absolute atomic E-state index is 13.0. The fourth-order valence-electron chi connectivity index (χ4n) is 3.27. The smallest absolute Gasteiger partial charge is 0.361 e. The molecule has 0 saturated carbocycles. The molecular weight excluding hydrogens is 512 g/mol. The molecule has 2 heterocycles. The summed E-state index contributed by atoms with van der Waals surface area (Å²) in [4.78, 5) is 43.4. The molecule has 2 aromatic rings. The average Bonchev–Trinajstić information content (AvgIpc) is 3.15. The van der Waals surface area contributed by atoms with E-state index in [9.17, 15) is 24.6 Å². The van der Waals surface area contributed by atoms with Gasteiger partial charge in [-0.25, -0.2) is 9.78 Å². The second kappa shape index (κ2) is 10.4. The van der Waals surface area contributed by atoms with Gasteiger partial charge in [-0.05, 0) is 64.5 Å². The number of carbonyl (C=O) groups is 3. The molecule has 0 spiro atoms. The number of hydrogen-bond acceptors (Lipinski definition) is 11. The Morgan fingerprint density at radius 2 is 1.83 bits per heavy atom. The van der Waals surface area contributed by atoms with Crippen LogP contribution >= 0.6 is 32.9 Å². The van der Waals surface area contributed by atoms with Gasteiger partial charge >= 0.3 is 11.9 Å². The summed E-state index contributed by atoms with van der Waals surface area (Å²) in [5.41, 5.74) is -1.68. The molecule has 1 saturated heterocycles. The number of aromatic nitrogens is 1. The van der Waals surface area contributed by atoms with Gasteiger partial charge in [0.15, 0.2) is 10.0 Å². The minimum absolute atomic E-state index is 0.371. The first kappa shape index (κ1) is 27.3. The summed E-state index contributed by atoms with van der Waals surface area (Å²) < 4.78 is 11.7. The lowest BCUT2D eigenvalue weighted by Crippen LogP contribution is -2.66. The summed E-state index contributed by atoms with van der Waals surface area (Å²) in [5, 5.41) is 20.2. The molecule has 190 valence electrons. The van der Waals surface area contributed by atoms with Crippen LogP contribution in [0.15, 0.2) is 40.1 Å². The van der Waals surface area contributed by atoms with Crippen LogP contribution in [0.1, 0.15) is 41.5 Å². The van der Waals surface area contributed by atoms with Crippen molar-refractivity contribution in [2.24, 2.45) is 11.3 Å². The van der Waals surface area contributed by atoms with Crippen molar-refractivity contribution in [1.82, 2.24) is 9.88 Å². The van der Waals surface area contributed by atoms with E-state index >= 15 is 0 Å². The molecular formula is C23H28N2O7S3. The van der Waals surface area contributed by atoms with Crippen molar-refractivity contribution in [3.63, 3.8) is 0 Å². The van der Waals surface area contributed by atoms with Crippen LogP contribution in [0, 0.1) is 11.3 Å². The third-order valence-corrected chi connectivity index (χ3v) is 9.08. The number of esters is 2. The Morgan fingerprint density at radius 3 is 2.40 bits per heavy atom. The molecule has 2 atom stereocenters. The lowest BCUT2D eigenvalue weighted by Gasteiger charge is -2.50. The first-order valence-corrected chi connectivity index (χ1v) is 13.7. The zero-order valence-electron chi connectivity index (χ0n) is 20.2. The van der Waals surface area contributed by atoms with Crippen molar-refractivity contribution in [2.75, 3.05) is 6.79 Å². The molecule has 9 nitrogen and oxygen atoms in total. The average molecular weight is 541 g/mol. The van der Waals surface area contributed by atoms with Gasteiger partial charge in [0.25, 0.3) is 0 Å². The number of nitrogens with zero attached hydrogens (tertiary/aromatic N) is 2. The standard InChI is InChI=1S/C23H28N2O7S3/c1-12(26)16(19(28)31-11-32-20(29)22(2,3)4)25-17(27)15(23(5,6)30)18(25)34-35-21-24-13-9-7-8-10-14(13)33-21/h7-10,15,18,26,30H,11H2,1-6H3/b16-12+/t15-,18+/m0/s1. The second-order valence-corrected chi connectivity index (χ2v) is 13.1. The van der Waals surface area contributed by atoms with Gasteiger partial charge in [0.05, 0.1) is 27.2 Å². The normalized spacial score (nSPS) is 19.3. The Hall–Kier alpha value is -2.28. The van der Waals surface area contributed by atoms with Crippen molar-refractivity contribution in [2.45, 2.75) is 56.9 Å². The Labute approximate surface area is 215 Å². The summed E-state index contributed by atoms with van der Waals surface area (Å²) in [6.45, 7) is 8.58. The van der Waals surface area contributed by atoms with Crippen LogP contribution in [0.4, 0.5) is 0 Å². The van der Waals surface area contributed by atoms with Crippen LogP contribution in [0.2, 0.25) is 0 Å². The van der Waals surface area contributed by atoms with E-state index in [-0.39, 0.29) is 5.70 Å². The van der Waals surface area contributed by atoms with Gasteiger partial charge in [-0.15, -0.1) is 11.3 Å². The number of benzene rings is 1. The van der Waals surface area contributed by atoms with Crippen molar-refractivity contribution >= 4 is 61.0 Å². The maximum atomic E-state index is 13.0. The number of β-lactam (4-membered cyclic amide) rings is 1. The zero-order chi connectivity index (χ0) is 26.1. The maximum Gasteiger partial charge on any atom is 0.361 e. The van der Waals surface area contributed by atoms with Crippen LogP contribution in [0.5, 0.6) is 0 Å². The Balaban J connectivity index is 1.77. The lowest BCUT2D eigenvalue weighted by atomic mass is 9.82. The number of fused-ring (bicyclic) bond motifs is 1. The minimum Gasteiger partial charge on any atom is -0.510 e. The van der Waals surface area contributed by atoms with Gasteiger partial charge in [-0.3, -0.25) is 14.5 Å². The number of likely N-dealkylation sites (tertiary alicyclic amines) is 1. The van der Waals surface area contributed by atoms with E-state index in [1.54, 1.807) is 20.8 Å². The van der Waals surface area contributed by atoms with Crippen LogP contribution < -0.4 is 0 Å². The minimum atomic E-state index is -1.37. The summed E-state index contributed by atoms with van der Waals surface area (Å²) in [6, 6.07) is 7.67. The topological polar surface area (TPSA) is 126 Å². The molecule has 1 fully saturated rings. The van der Waals surface area contributed by atoms with E-state index < -0.39 is 52.7 Å². The van der Waals surface area contributed by atoms with Gasteiger partial charge in [0.1, 0.15) is 11.1 Å². The van der Waals surface area contributed by atoms with Crippen LogP contribution in [0.3, 0.4) is 0 Å². The third-order valence-electron chi connectivity index (χ3n) is 5.07. The second-order valence-electron chi connectivity index (χ2n) is 9.52. The number of rotatable bonds is 8. The SMILES string of the molecule is C/C(O)=C(/C(=O)OCOC(=O)C(C)(C)C)N1C(=O)[C@H](C(C)(C)O)[C@H]1SSc1nc2ccccc2s1. The van der Waals surface area contributed by atoms with E-state index in [0.717, 1.165) is 19.5 Å². The van der Waals surface area contributed by atoms with Gasteiger partial charge in [0.2, 0.25) is 12.7 Å². The van der Waals surface area contributed by atoms with Gasteiger partial charge in [-0.2, -0.15) is 0 Å². The predicted octanol–water partition coefficient (Wildman–Crippen LogP) is 4.47. The van der Waals surface area contributed by atoms with Crippen LogP contribution in [-0.4, -0.2) is 55.7 Å². The van der Waals surface area contributed by atoms with E-state index in [4.69, 9.17) is 9.47 Å². The Kier molecular flexibility index (Phi) is 8.09. The highest BCUT2D eigenvalue weighted by atomic mass is 33.1. The quantitative estimate of drug-likeness (QED) is 0.124. The number of amides is 1. The monoisotopic (exact) mass is 540 g/mol. The molecule has 3 rings (SSSR count). The number of ether oxygens (including phenoxy) is 2. The van der Waals surface area contributed by atoms with E-state index in [2.05, 4.69) is 4.98 Å². The molecule has 1 aliphatic heterocycles. The first-order valence-electron chi connectivity index (χ1n) is 10.7. The highest BCUT2D eigenvalue weighted by Gasteiger charge is 2.57. The number of thiazole rings is 1. The molecule has 0 radical (unpaired) electrons. The first-order chi connectivity index (χ1) is 16.2. The molecule has 0 bridgehead atoms. The fraction of sp³-hybridized carbons (Fsp3) is 0.478. The molecule has 2 N–H and O–H groups in total. The van der Waals surface area contributed by atoms with E-state index in [1.807, 2.05) is 24.3 Å². The number of para-hydroxylation sites is 1. The van der Waals surface area contributed by atoms with E-state index in [0.29, 0.717) is 0 Å². The van der Waals surface area contributed by atoms with Crippen LogP contribution in [-0.2, 0) is 23.9 Å². The lowest BCUT2D eigenvalue weighted by molar-refractivity contribution is -0.176. The fourth-order valence-corrected chi connectivity index (χ4v) is 7.45. The molecule has 12 heteroatoms.